The number of carbonyl (C=O) groups excluding carboxylic acids is 2. The monoisotopic (exact) mass is 549 g/mol. The molecule has 0 bridgehead atoms. The Balaban J connectivity index is 1.80. The minimum Gasteiger partial charge on any atom is -0.459 e. The molecule has 3 aromatic rings. The van der Waals surface area contributed by atoms with Crippen LogP contribution in [0.3, 0.4) is 0 Å². The first-order chi connectivity index (χ1) is 17.2. The Morgan fingerprint density at radius 2 is 1.42 bits per heavy atom. The molecule has 11 nitrogen and oxygen atoms in total. The number of furan rings is 2. The van der Waals surface area contributed by atoms with Gasteiger partial charge in [-0.1, -0.05) is 13.3 Å². The van der Waals surface area contributed by atoms with Gasteiger partial charge in [0.15, 0.2) is 21.7 Å². The minimum absolute atomic E-state index is 0.0377. The Kier molecular flexibility index (Phi) is 9.30. The van der Waals surface area contributed by atoms with Gasteiger partial charge >= 0.3 is 0 Å². The van der Waals surface area contributed by atoms with Crippen molar-refractivity contribution in [3.8, 4) is 0 Å². The maximum Gasteiger partial charge on any atom is 0.293 e. The molecule has 0 saturated carbocycles. The number of sulfonamides is 1. The van der Waals surface area contributed by atoms with Gasteiger partial charge < -0.3 is 19.5 Å². The Hall–Kier alpha value is -3.59. The van der Waals surface area contributed by atoms with Crippen LogP contribution < -0.4 is 26.0 Å². The van der Waals surface area contributed by atoms with E-state index in [0.717, 1.165) is 6.42 Å². The first-order valence-corrected chi connectivity index (χ1v) is 12.9. The first-order valence-electron chi connectivity index (χ1n) is 10.6. The highest BCUT2D eigenvalue weighted by atomic mass is 32.2. The number of nitrogens with one attached hydrogen (secondary N) is 5. The second-order valence-corrected chi connectivity index (χ2v) is 9.81. The second-order valence-electron chi connectivity index (χ2n) is 7.23. The van der Waals surface area contributed by atoms with E-state index in [1.54, 1.807) is 12.1 Å². The van der Waals surface area contributed by atoms with E-state index >= 15 is 0 Å². The minimum atomic E-state index is -3.82. The van der Waals surface area contributed by atoms with Crippen LogP contribution in [0.25, 0.3) is 0 Å². The van der Waals surface area contributed by atoms with Crippen molar-refractivity contribution in [1.29, 1.82) is 0 Å². The van der Waals surface area contributed by atoms with Crippen molar-refractivity contribution in [2.75, 3.05) is 17.2 Å². The molecule has 0 aliphatic heterocycles. The summed E-state index contributed by atoms with van der Waals surface area (Å²) >= 11 is 10.4. The number of rotatable bonds is 9. The lowest BCUT2D eigenvalue weighted by Crippen LogP contribution is -2.36. The molecule has 0 saturated heterocycles. The van der Waals surface area contributed by atoms with Crippen LogP contribution >= 0.6 is 24.4 Å². The summed E-state index contributed by atoms with van der Waals surface area (Å²) < 4.78 is 38.0. The number of thiocarbonyl (C=S) groups is 2. The van der Waals surface area contributed by atoms with Crippen LogP contribution in [-0.4, -0.2) is 37.0 Å². The summed E-state index contributed by atoms with van der Waals surface area (Å²) in [5.74, 6) is -1.08. The third-order valence-corrected chi connectivity index (χ3v) is 6.43. The molecule has 5 N–H and O–H groups in total. The maximum absolute atomic E-state index is 12.7. The van der Waals surface area contributed by atoms with Crippen molar-refractivity contribution in [2.24, 2.45) is 0 Å². The van der Waals surface area contributed by atoms with E-state index in [0.29, 0.717) is 6.42 Å². The standard InChI is InChI=1S/C22H23N5O6S3/c1-2-3-10-23-36(30,31)14-8-9-15(24-21(34)26-19(28)17-6-4-11-32-17)16(13-14)25-22(35)27-20(29)18-7-5-12-33-18/h4-9,11-13,23H,2-3,10H2,1H3,(H2,24,26,28,34)(H2,25,27,29,35). The van der Waals surface area contributed by atoms with E-state index in [2.05, 4.69) is 26.0 Å². The molecule has 190 valence electrons. The second kappa shape index (κ2) is 12.4. The van der Waals surface area contributed by atoms with Gasteiger partial charge in [0.05, 0.1) is 28.8 Å². The molecule has 0 atom stereocenters. The van der Waals surface area contributed by atoms with Crippen LogP contribution in [-0.2, 0) is 10.0 Å². The zero-order valence-electron chi connectivity index (χ0n) is 19.0. The average Bonchev–Trinajstić information content (AvgIpc) is 3.55. The summed E-state index contributed by atoms with van der Waals surface area (Å²) in [5, 5.41) is 10.3. The average molecular weight is 550 g/mol. The SMILES string of the molecule is CCCCNS(=O)(=O)c1ccc(NC(=S)NC(=O)c2ccco2)c(NC(=S)NC(=O)c2ccco2)c1. The number of carbonyl (C=O) groups is 2. The molecule has 0 unspecified atom stereocenters. The van der Waals surface area contributed by atoms with E-state index in [-0.39, 0.29) is 44.6 Å². The van der Waals surface area contributed by atoms with Gasteiger partial charge in [0, 0.05) is 6.54 Å². The van der Waals surface area contributed by atoms with Gasteiger partial charge in [-0.05, 0) is 73.3 Å². The molecule has 0 aliphatic carbocycles. The van der Waals surface area contributed by atoms with Crippen LogP contribution in [0.2, 0.25) is 0 Å². The molecule has 0 spiro atoms. The van der Waals surface area contributed by atoms with Crippen molar-refractivity contribution < 1.29 is 26.8 Å². The number of hydrogen-bond acceptors (Lipinski definition) is 8. The lowest BCUT2D eigenvalue weighted by Gasteiger charge is -2.17. The van der Waals surface area contributed by atoms with Crippen LogP contribution in [0, 0.1) is 0 Å². The van der Waals surface area contributed by atoms with Crippen LogP contribution in [0.4, 0.5) is 11.4 Å². The molecule has 0 radical (unpaired) electrons. The van der Waals surface area contributed by atoms with Crippen molar-refractivity contribution in [1.82, 2.24) is 15.4 Å². The van der Waals surface area contributed by atoms with Gasteiger partial charge in [0.2, 0.25) is 10.0 Å². The van der Waals surface area contributed by atoms with Gasteiger partial charge in [-0.25, -0.2) is 13.1 Å². The fourth-order valence-corrected chi connectivity index (χ4v) is 4.33. The summed E-state index contributed by atoms with van der Waals surface area (Å²) in [6.07, 6.45) is 4.18. The number of benzene rings is 1. The third-order valence-electron chi connectivity index (χ3n) is 4.56. The number of amides is 2. The Labute approximate surface area is 218 Å². The van der Waals surface area contributed by atoms with Crippen molar-refractivity contribution >= 4 is 67.9 Å². The molecule has 2 amide bonds. The first kappa shape index (κ1) is 27.0. The predicted molar refractivity (Wildman–Crippen MR) is 141 cm³/mol. The van der Waals surface area contributed by atoms with E-state index in [1.807, 2.05) is 6.92 Å². The normalized spacial score (nSPS) is 10.9. The molecule has 2 heterocycles. The predicted octanol–water partition coefficient (Wildman–Crippen LogP) is 3.20. The molecule has 0 fully saturated rings. The van der Waals surface area contributed by atoms with Gasteiger partial charge in [-0.2, -0.15) is 0 Å². The summed E-state index contributed by atoms with van der Waals surface area (Å²) in [6, 6.07) is 10.2. The van der Waals surface area contributed by atoms with Crippen LogP contribution in [0.5, 0.6) is 0 Å². The number of hydrogen-bond donors (Lipinski definition) is 5. The summed E-state index contributed by atoms with van der Waals surface area (Å²) in [6.45, 7) is 2.23. The Morgan fingerprint density at radius 1 is 0.861 bits per heavy atom. The number of anilines is 2. The van der Waals surface area contributed by atoms with Gasteiger partial charge in [-0.15, -0.1) is 0 Å². The van der Waals surface area contributed by atoms with Gasteiger partial charge in [-0.3, -0.25) is 20.2 Å². The highest BCUT2D eigenvalue weighted by Crippen LogP contribution is 2.26. The summed E-state index contributed by atoms with van der Waals surface area (Å²) in [7, 11) is -3.82. The largest absolute Gasteiger partial charge is 0.459 e. The maximum atomic E-state index is 12.7. The van der Waals surface area contributed by atoms with Crippen LogP contribution in [0.1, 0.15) is 40.9 Å². The van der Waals surface area contributed by atoms with Gasteiger partial charge in [0.25, 0.3) is 11.8 Å². The highest BCUT2D eigenvalue weighted by Gasteiger charge is 2.19. The molecule has 2 aromatic heterocycles. The quantitative estimate of drug-likeness (QED) is 0.198. The Morgan fingerprint density at radius 3 is 1.92 bits per heavy atom. The summed E-state index contributed by atoms with van der Waals surface area (Å²) in [4.78, 5) is 24.4. The van der Waals surface area contributed by atoms with E-state index in [1.165, 1.54) is 42.9 Å². The Bertz CT molecular complexity index is 1340. The molecule has 0 aliphatic rings. The molecule has 14 heteroatoms. The van der Waals surface area contributed by atoms with Crippen molar-refractivity contribution in [3.63, 3.8) is 0 Å². The number of unbranched alkanes of at least 4 members (excludes halogenated alkanes) is 1. The fraction of sp³-hybridized carbons (Fsp3) is 0.182. The summed E-state index contributed by atoms with van der Waals surface area (Å²) in [5.41, 5.74) is 0.453. The third kappa shape index (κ3) is 7.45. The topological polar surface area (TPSA) is 155 Å². The van der Waals surface area contributed by atoms with Crippen molar-refractivity contribution in [3.05, 3.63) is 66.5 Å². The molecule has 36 heavy (non-hydrogen) atoms. The fourth-order valence-electron chi connectivity index (χ4n) is 2.82. The van der Waals surface area contributed by atoms with E-state index in [9.17, 15) is 18.0 Å². The van der Waals surface area contributed by atoms with E-state index in [4.69, 9.17) is 33.3 Å². The zero-order valence-corrected chi connectivity index (χ0v) is 21.4. The lowest BCUT2D eigenvalue weighted by molar-refractivity contribution is 0.0943. The van der Waals surface area contributed by atoms with Gasteiger partial charge in [0.1, 0.15) is 0 Å². The molecular weight excluding hydrogens is 526 g/mol. The molecular formula is C22H23N5O6S3. The lowest BCUT2D eigenvalue weighted by atomic mass is 10.2. The smallest absolute Gasteiger partial charge is 0.293 e. The molecule has 3 rings (SSSR count). The van der Waals surface area contributed by atoms with E-state index < -0.39 is 21.8 Å². The zero-order chi connectivity index (χ0) is 26.1. The molecule has 1 aromatic carbocycles. The highest BCUT2D eigenvalue weighted by molar-refractivity contribution is 7.89. The van der Waals surface area contributed by atoms with Crippen molar-refractivity contribution in [2.45, 2.75) is 24.7 Å². The van der Waals surface area contributed by atoms with Crippen LogP contribution in [0.15, 0.2) is 68.7 Å².